The van der Waals surface area contributed by atoms with Crippen LogP contribution in [0.4, 0.5) is 0 Å². The zero-order chi connectivity index (χ0) is 20.1. The second-order valence-electron chi connectivity index (χ2n) is 6.66. The maximum absolute atomic E-state index is 5.42. The summed E-state index contributed by atoms with van der Waals surface area (Å²) in [4.78, 5) is 9.76. The molecule has 0 amide bonds. The van der Waals surface area contributed by atoms with Crippen molar-refractivity contribution in [3.8, 4) is 34.0 Å². The Morgan fingerprint density at radius 3 is 1.93 bits per heavy atom. The normalized spacial score (nSPS) is 10.6. The summed E-state index contributed by atoms with van der Waals surface area (Å²) >= 11 is 0. The number of hydrogen-bond acceptors (Lipinski definition) is 4. The standard InChI is InChI=1S/C25H22N2O2/c1-28-22-14-13-18(16-23(22)29-2)15-21-17-26-24(19-9-5-3-6-10-19)25(27-21)20-11-7-4-8-12-20/h3-14,16-17H,15H2,1-2H3. The van der Waals surface area contributed by atoms with E-state index in [9.17, 15) is 0 Å². The molecule has 0 bridgehead atoms. The van der Waals surface area contributed by atoms with Gasteiger partial charge in [-0.05, 0) is 17.7 Å². The van der Waals surface area contributed by atoms with Gasteiger partial charge in [-0.2, -0.15) is 0 Å². The van der Waals surface area contributed by atoms with E-state index < -0.39 is 0 Å². The molecule has 4 nitrogen and oxygen atoms in total. The fourth-order valence-corrected chi connectivity index (χ4v) is 3.32. The molecule has 0 radical (unpaired) electrons. The van der Waals surface area contributed by atoms with Gasteiger partial charge in [0.2, 0.25) is 0 Å². The number of hydrogen-bond donors (Lipinski definition) is 0. The lowest BCUT2D eigenvalue weighted by atomic mass is 10.0. The molecule has 1 aromatic heterocycles. The lowest BCUT2D eigenvalue weighted by molar-refractivity contribution is 0.354. The predicted molar refractivity (Wildman–Crippen MR) is 115 cm³/mol. The van der Waals surface area contributed by atoms with Gasteiger partial charge in [-0.3, -0.25) is 4.98 Å². The molecule has 4 aromatic rings. The average Bonchev–Trinajstić information content (AvgIpc) is 2.80. The first-order valence-electron chi connectivity index (χ1n) is 9.46. The van der Waals surface area contributed by atoms with Crippen molar-refractivity contribution in [2.75, 3.05) is 14.2 Å². The van der Waals surface area contributed by atoms with Crippen molar-refractivity contribution in [2.24, 2.45) is 0 Å². The highest BCUT2D eigenvalue weighted by atomic mass is 16.5. The van der Waals surface area contributed by atoms with E-state index in [4.69, 9.17) is 19.4 Å². The van der Waals surface area contributed by atoms with E-state index in [1.807, 2.05) is 60.8 Å². The second kappa shape index (κ2) is 8.57. The van der Waals surface area contributed by atoms with Crippen LogP contribution in [0.3, 0.4) is 0 Å². The van der Waals surface area contributed by atoms with Crippen molar-refractivity contribution in [1.82, 2.24) is 9.97 Å². The fraction of sp³-hybridized carbons (Fsp3) is 0.120. The van der Waals surface area contributed by atoms with Crippen LogP contribution in [0.15, 0.2) is 85.1 Å². The van der Waals surface area contributed by atoms with Crippen LogP contribution in [-0.4, -0.2) is 24.2 Å². The molecule has 3 aromatic carbocycles. The maximum Gasteiger partial charge on any atom is 0.160 e. The number of methoxy groups -OCH3 is 2. The Hall–Kier alpha value is -3.66. The van der Waals surface area contributed by atoms with Gasteiger partial charge in [0.15, 0.2) is 11.5 Å². The van der Waals surface area contributed by atoms with Crippen LogP contribution in [0.25, 0.3) is 22.5 Å². The minimum Gasteiger partial charge on any atom is -0.493 e. The van der Waals surface area contributed by atoms with Crippen molar-refractivity contribution < 1.29 is 9.47 Å². The minimum absolute atomic E-state index is 0.655. The summed E-state index contributed by atoms with van der Waals surface area (Å²) in [6.07, 6.45) is 2.51. The van der Waals surface area contributed by atoms with Gasteiger partial charge in [0.25, 0.3) is 0 Å². The number of aromatic nitrogens is 2. The SMILES string of the molecule is COc1ccc(Cc2cnc(-c3ccccc3)c(-c3ccccc3)n2)cc1OC. The molecule has 0 unspecified atom stereocenters. The van der Waals surface area contributed by atoms with Gasteiger partial charge in [-0.25, -0.2) is 4.98 Å². The highest BCUT2D eigenvalue weighted by Gasteiger charge is 2.13. The van der Waals surface area contributed by atoms with Gasteiger partial charge in [-0.1, -0.05) is 66.7 Å². The van der Waals surface area contributed by atoms with Gasteiger partial charge in [0.1, 0.15) is 0 Å². The largest absolute Gasteiger partial charge is 0.493 e. The molecule has 0 aliphatic rings. The van der Waals surface area contributed by atoms with Crippen molar-refractivity contribution in [3.05, 3.63) is 96.3 Å². The zero-order valence-corrected chi connectivity index (χ0v) is 16.5. The molecule has 0 aliphatic heterocycles. The predicted octanol–water partition coefficient (Wildman–Crippen LogP) is 5.42. The summed E-state index contributed by atoms with van der Waals surface area (Å²) in [6, 6.07) is 26.3. The van der Waals surface area contributed by atoms with Crippen molar-refractivity contribution in [3.63, 3.8) is 0 Å². The third-order valence-corrected chi connectivity index (χ3v) is 4.75. The van der Waals surface area contributed by atoms with Crippen LogP contribution >= 0.6 is 0 Å². The van der Waals surface area contributed by atoms with E-state index in [2.05, 4.69) is 24.3 Å². The molecule has 0 spiro atoms. The number of ether oxygens (including phenoxy) is 2. The number of rotatable bonds is 6. The second-order valence-corrected chi connectivity index (χ2v) is 6.66. The third kappa shape index (κ3) is 4.11. The Balaban J connectivity index is 1.74. The topological polar surface area (TPSA) is 44.2 Å². The van der Waals surface area contributed by atoms with E-state index in [-0.39, 0.29) is 0 Å². The van der Waals surface area contributed by atoms with E-state index in [1.54, 1.807) is 14.2 Å². The Morgan fingerprint density at radius 1 is 0.690 bits per heavy atom. The monoisotopic (exact) mass is 382 g/mol. The summed E-state index contributed by atoms with van der Waals surface area (Å²) < 4.78 is 10.8. The van der Waals surface area contributed by atoms with Crippen LogP contribution < -0.4 is 9.47 Å². The Bertz CT molecular complexity index is 1100. The Kier molecular flexibility index (Phi) is 5.52. The molecular weight excluding hydrogens is 360 g/mol. The molecule has 0 fully saturated rings. The van der Waals surface area contributed by atoms with Gasteiger partial charge in [0.05, 0.1) is 31.3 Å². The maximum atomic E-state index is 5.42. The number of benzene rings is 3. The van der Waals surface area contributed by atoms with Crippen molar-refractivity contribution in [1.29, 1.82) is 0 Å². The van der Waals surface area contributed by atoms with Crippen LogP contribution in [0, 0.1) is 0 Å². The summed E-state index contributed by atoms with van der Waals surface area (Å²) in [6.45, 7) is 0. The Morgan fingerprint density at radius 2 is 1.31 bits per heavy atom. The minimum atomic E-state index is 0.655. The molecule has 1 heterocycles. The highest BCUT2D eigenvalue weighted by Crippen LogP contribution is 2.31. The van der Waals surface area contributed by atoms with Crippen LogP contribution in [-0.2, 0) is 6.42 Å². The van der Waals surface area contributed by atoms with Crippen molar-refractivity contribution >= 4 is 0 Å². The van der Waals surface area contributed by atoms with Crippen LogP contribution in [0.5, 0.6) is 11.5 Å². The molecule has 4 heteroatoms. The molecule has 0 saturated heterocycles. The lowest BCUT2D eigenvalue weighted by Crippen LogP contribution is -2.00. The smallest absolute Gasteiger partial charge is 0.160 e. The summed E-state index contributed by atoms with van der Waals surface area (Å²) in [7, 11) is 3.28. The summed E-state index contributed by atoms with van der Waals surface area (Å²) in [5.41, 5.74) is 5.85. The fourth-order valence-electron chi connectivity index (χ4n) is 3.32. The summed E-state index contributed by atoms with van der Waals surface area (Å²) in [5, 5.41) is 0. The van der Waals surface area contributed by atoms with Gasteiger partial charge in [-0.15, -0.1) is 0 Å². The molecule has 0 aliphatic carbocycles. The quantitative estimate of drug-likeness (QED) is 0.447. The molecule has 0 atom stereocenters. The van der Waals surface area contributed by atoms with Gasteiger partial charge < -0.3 is 9.47 Å². The molecule has 29 heavy (non-hydrogen) atoms. The van der Waals surface area contributed by atoms with E-state index in [0.29, 0.717) is 17.9 Å². The lowest BCUT2D eigenvalue weighted by Gasteiger charge is -2.12. The first-order chi connectivity index (χ1) is 14.3. The molecule has 144 valence electrons. The summed E-state index contributed by atoms with van der Waals surface area (Å²) in [5.74, 6) is 1.42. The van der Waals surface area contributed by atoms with E-state index in [0.717, 1.165) is 33.8 Å². The van der Waals surface area contributed by atoms with E-state index >= 15 is 0 Å². The number of nitrogens with zero attached hydrogens (tertiary/aromatic N) is 2. The molecule has 4 rings (SSSR count). The van der Waals surface area contributed by atoms with E-state index in [1.165, 1.54) is 0 Å². The highest BCUT2D eigenvalue weighted by molar-refractivity contribution is 5.77. The van der Waals surface area contributed by atoms with Gasteiger partial charge >= 0.3 is 0 Å². The molecular formula is C25H22N2O2. The molecule has 0 N–H and O–H groups in total. The van der Waals surface area contributed by atoms with Crippen LogP contribution in [0.2, 0.25) is 0 Å². The third-order valence-electron chi connectivity index (χ3n) is 4.75. The first-order valence-corrected chi connectivity index (χ1v) is 9.46. The van der Waals surface area contributed by atoms with Crippen molar-refractivity contribution in [2.45, 2.75) is 6.42 Å². The zero-order valence-electron chi connectivity index (χ0n) is 16.5. The Labute approximate surface area is 170 Å². The molecule has 0 saturated carbocycles. The van der Waals surface area contributed by atoms with Crippen LogP contribution in [0.1, 0.15) is 11.3 Å². The average molecular weight is 382 g/mol. The first kappa shape index (κ1) is 18.7. The van der Waals surface area contributed by atoms with Gasteiger partial charge in [0, 0.05) is 23.7 Å².